The van der Waals surface area contributed by atoms with Gasteiger partial charge in [0.15, 0.2) is 0 Å². The first-order valence-electron chi connectivity index (χ1n) is 9.55. The first kappa shape index (κ1) is 20.1. The maximum Gasteiger partial charge on any atom is 0.252 e. The molecule has 4 aromatic rings. The third-order valence-corrected chi connectivity index (χ3v) is 6.98. The molecule has 2 aromatic heterocycles. The van der Waals surface area contributed by atoms with Gasteiger partial charge in [-0.05, 0) is 72.8 Å². The summed E-state index contributed by atoms with van der Waals surface area (Å²) in [5.74, 6) is 0.498. The Balaban J connectivity index is 1.78. The number of pyridine rings is 1. The van der Waals surface area contributed by atoms with Gasteiger partial charge < -0.3 is 9.40 Å². The van der Waals surface area contributed by atoms with Crippen LogP contribution in [0, 0.1) is 13.8 Å². The second kappa shape index (κ2) is 7.93. The van der Waals surface area contributed by atoms with Gasteiger partial charge in [-0.15, -0.1) is 0 Å². The van der Waals surface area contributed by atoms with E-state index in [0.717, 1.165) is 22.0 Å². The number of hydrogen-bond acceptors (Lipinski definition) is 4. The van der Waals surface area contributed by atoms with Crippen LogP contribution in [0.1, 0.15) is 22.5 Å². The number of rotatable bonds is 6. The molecule has 4 rings (SSSR count). The predicted octanol–water partition coefficient (Wildman–Crippen LogP) is 4.13. The lowest BCUT2D eigenvalue weighted by Crippen LogP contribution is -2.32. The van der Waals surface area contributed by atoms with Crippen molar-refractivity contribution in [1.29, 1.82) is 0 Å². The number of aromatic amines is 1. The van der Waals surface area contributed by atoms with Crippen molar-refractivity contribution >= 4 is 20.9 Å². The Bertz CT molecular complexity index is 1340. The number of nitrogens with one attached hydrogen (secondary N) is 1. The van der Waals surface area contributed by atoms with Crippen LogP contribution in [-0.4, -0.2) is 17.7 Å². The number of aryl methyl sites for hydroxylation is 2. The molecule has 0 unspecified atom stereocenters. The lowest BCUT2D eigenvalue weighted by Gasteiger charge is -2.21. The van der Waals surface area contributed by atoms with E-state index >= 15 is 0 Å². The summed E-state index contributed by atoms with van der Waals surface area (Å²) in [5, 5.41) is 0.864. The van der Waals surface area contributed by atoms with Crippen molar-refractivity contribution in [3.63, 3.8) is 0 Å². The summed E-state index contributed by atoms with van der Waals surface area (Å²) in [5.41, 5.74) is 2.98. The first-order valence-corrected chi connectivity index (χ1v) is 11.0. The van der Waals surface area contributed by atoms with Crippen LogP contribution in [0.3, 0.4) is 0 Å². The van der Waals surface area contributed by atoms with E-state index in [9.17, 15) is 13.2 Å². The molecule has 0 saturated carbocycles. The molecule has 7 heteroatoms. The zero-order chi connectivity index (χ0) is 21.3. The molecular formula is C23H22N2O4S. The predicted molar refractivity (Wildman–Crippen MR) is 116 cm³/mol. The molecule has 1 N–H and O–H groups in total. The minimum absolute atomic E-state index is 0.0225. The number of nitrogens with zero attached hydrogens (tertiary/aromatic N) is 1. The molecule has 2 aromatic carbocycles. The summed E-state index contributed by atoms with van der Waals surface area (Å²) in [6, 6.07) is 17.3. The zero-order valence-corrected chi connectivity index (χ0v) is 17.6. The van der Waals surface area contributed by atoms with Crippen LogP contribution >= 0.6 is 0 Å². The van der Waals surface area contributed by atoms with E-state index in [4.69, 9.17) is 4.42 Å². The molecule has 30 heavy (non-hydrogen) atoms. The molecule has 2 heterocycles. The molecule has 0 bridgehead atoms. The Labute approximate surface area is 174 Å². The van der Waals surface area contributed by atoms with Crippen molar-refractivity contribution in [3.05, 3.63) is 99.7 Å². The number of benzene rings is 2. The molecule has 0 amide bonds. The summed E-state index contributed by atoms with van der Waals surface area (Å²) in [4.78, 5) is 15.8. The molecule has 0 aliphatic rings. The van der Waals surface area contributed by atoms with E-state index in [1.807, 2.05) is 26.0 Å². The van der Waals surface area contributed by atoms with Gasteiger partial charge >= 0.3 is 0 Å². The highest BCUT2D eigenvalue weighted by Gasteiger charge is 2.26. The summed E-state index contributed by atoms with van der Waals surface area (Å²) in [6.07, 6.45) is 1.50. The standard InChI is InChI=1S/C23H22N2O4S/c1-16-11-18-13-19(23(26)24-22(18)12-17(16)2)14-25(15-20-7-6-10-29-20)30(27,28)21-8-4-3-5-9-21/h3-13H,14-15H2,1-2H3,(H,24,26). The Morgan fingerprint density at radius 3 is 2.37 bits per heavy atom. The number of H-pyrrole nitrogens is 1. The van der Waals surface area contributed by atoms with Crippen molar-refractivity contribution in [2.24, 2.45) is 0 Å². The molecule has 0 saturated heterocycles. The number of fused-ring (bicyclic) bond motifs is 1. The quantitative estimate of drug-likeness (QED) is 0.506. The Morgan fingerprint density at radius 2 is 1.67 bits per heavy atom. The van der Waals surface area contributed by atoms with Crippen molar-refractivity contribution in [2.75, 3.05) is 0 Å². The second-order valence-corrected chi connectivity index (χ2v) is 9.25. The fraction of sp³-hybridized carbons (Fsp3) is 0.174. The molecule has 0 radical (unpaired) electrons. The highest BCUT2D eigenvalue weighted by Crippen LogP contribution is 2.22. The van der Waals surface area contributed by atoms with Gasteiger partial charge in [0.2, 0.25) is 10.0 Å². The minimum atomic E-state index is -3.84. The maximum atomic E-state index is 13.3. The lowest BCUT2D eigenvalue weighted by atomic mass is 10.0. The SMILES string of the molecule is Cc1cc2cc(CN(Cc3ccco3)S(=O)(=O)c3ccccc3)c(=O)[nH]c2cc1C. The van der Waals surface area contributed by atoms with Crippen LogP contribution in [0.15, 0.2) is 81.0 Å². The van der Waals surface area contributed by atoms with Crippen LogP contribution in [-0.2, 0) is 23.1 Å². The molecule has 0 aliphatic heterocycles. The van der Waals surface area contributed by atoms with Gasteiger partial charge in [0.1, 0.15) is 5.76 Å². The minimum Gasteiger partial charge on any atom is -0.468 e. The van der Waals surface area contributed by atoms with Gasteiger partial charge in [0.25, 0.3) is 5.56 Å². The topological polar surface area (TPSA) is 83.4 Å². The smallest absolute Gasteiger partial charge is 0.252 e. The van der Waals surface area contributed by atoms with Gasteiger partial charge in [0.05, 0.1) is 17.7 Å². The molecule has 0 atom stereocenters. The largest absolute Gasteiger partial charge is 0.468 e. The highest BCUT2D eigenvalue weighted by atomic mass is 32.2. The van der Waals surface area contributed by atoms with Crippen molar-refractivity contribution in [2.45, 2.75) is 31.8 Å². The fourth-order valence-corrected chi connectivity index (χ4v) is 4.78. The zero-order valence-electron chi connectivity index (χ0n) is 16.8. The number of furan rings is 1. The van der Waals surface area contributed by atoms with Crippen LogP contribution in [0.2, 0.25) is 0 Å². The summed E-state index contributed by atoms with van der Waals surface area (Å²) < 4.78 is 33.2. The second-order valence-electron chi connectivity index (χ2n) is 7.31. The van der Waals surface area contributed by atoms with E-state index in [1.54, 1.807) is 48.5 Å². The normalized spacial score (nSPS) is 12.0. The van der Waals surface area contributed by atoms with E-state index in [0.29, 0.717) is 11.3 Å². The van der Waals surface area contributed by atoms with E-state index in [1.165, 1.54) is 10.6 Å². The maximum absolute atomic E-state index is 13.3. The van der Waals surface area contributed by atoms with Crippen LogP contribution in [0.5, 0.6) is 0 Å². The fourth-order valence-electron chi connectivity index (χ4n) is 3.37. The van der Waals surface area contributed by atoms with E-state index in [-0.39, 0.29) is 23.5 Å². The first-order chi connectivity index (χ1) is 14.3. The van der Waals surface area contributed by atoms with Crippen molar-refractivity contribution in [1.82, 2.24) is 9.29 Å². The van der Waals surface area contributed by atoms with Gasteiger partial charge in [0, 0.05) is 17.6 Å². The summed E-state index contributed by atoms with van der Waals surface area (Å²) >= 11 is 0. The van der Waals surface area contributed by atoms with Gasteiger partial charge in [-0.3, -0.25) is 4.79 Å². The molecule has 6 nitrogen and oxygen atoms in total. The number of hydrogen-bond donors (Lipinski definition) is 1. The monoisotopic (exact) mass is 422 g/mol. The van der Waals surface area contributed by atoms with E-state index in [2.05, 4.69) is 4.98 Å². The molecule has 154 valence electrons. The van der Waals surface area contributed by atoms with Gasteiger partial charge in [-0.25, -0.2) is 8.42 Å². The molecular weight excluding hydrogens is 400 g/mol. The number of sulfonamides is 1. The van der Waals surface area contributed by atoms with Crippen molar-refractivity contribution in [3.8, 4) is 0 Å². The summed E-state index contributed by atoms with van der Waals surface area (Å²) in [6.45, 7) is 3.94. The Kier molecular flexibility index (Phi) is 5.32. The molecule has 0 fully saturated rings. The summed E-state index contributed by atoms with van der Waals surface area (Å²) in [7, 11) is -3.84. The Morgan fingerprint density at radius 1 is 0.933 bits per heavy atom. The Hall–Kier alpha value is -3.16. The average Bonchev–Trinajstić information content (AvgIpc) is 3.23. The van der Waals surface area contributed by atoms with Crippen LogP contribution < -0.4 is 5.56 Å². The van der Waals surface area contributed by atoms with E-state index < -0.39 is 10.0 Å². The molecule has 0 spiro atoms. The van der Waals surface area contributed by atoms with Crippen molar-refractivity contribution < 1.29 is 12.8 Å². The third kappa shape index (κ3) is 3.94. The van der Waals surface area contributed by atoms with Crippen LogP contribution in [0.25, 0.3) is 10.9 Å². The third-order valence-electron chi connectivity index (χ3n) is 5.18. The van der Waals surface area contributed by atoms with Crippen LogP contribution in [0.4, 0.5) is 0 Å². The van der Waals surface area contributed by atoms with Gasteiger partial charge in [-0.2, -0.15) is 4.31 Å². The number of aromatic nitrogens is 1. The average molecular weight is 423 g/mol. The lowest BCUT2D eigenvalue weighted by molar-refractivity contribution is 0.357. The van der Waals surface area contributed by atoms with Gasteiger partial charge in [-0.1, -0.05) is 18.2 Å². The highest BCUT2D eigenvalue weighted by molar-refractivity contribution is 7.89. The molecule has 0 aliphatic carbocycles.